The number of hydrogen-bond donors (Lipinski definition) is 1. The summed E-state index contributed by atoms with van der Waals surface area (Å²) in [6, 6.07) is 1.91. The first-order chi connectivity index (χ1) is 7.18. The fourth-order valence-electron chi connectivity index (χ4n) is 2.37. The van der Waals surface area contributed by atoms with E-state index in [1.807, 2.05) is 12.3 Å². The van der Waals surface area contributed by atoms with Crippen molar-refractivity contribution in [3.63, 3.8) is 0 Å². The van der Waals surface area contributed by atoms with E-state index in [0.29, 0.717) is 16.7 Å². The van der Waals surface area contributed by atoms with Gasteiger partial charge in [0.2, 0.25) is 0 Å². The summed E-state index contributed by atoms with van der Waals surface area (Å²) in [4.78, 5) is 4.09. The van der Waals surface area contributed by atoms with E-state index >= 15 is 0 Å². The van der Waals surface area contributed by atoms with Gasteiger partial charge in [-0.25, -0.2) is 4.98 Å². The summed E-state index contributed by atoms with van der Waals surface area (Å²) in [5.41, 5.74) is 7.11. The van der Waals surface area contributed by atoms with Crippen molar-refractivity contribution in [1.82, 2.24) is 4.98 Å². The summed E-state index contributed by atoms with van der Waals surface area (Å²) in [5, 5.41) is 0.888. The molecule has 0 spiro atoms. The van der Waals surface area contributed by atoms with Gasteiger partial charge in [0.05, 0.1) is 5.02 Å². The van der Waals surface area contributed by atoms with Crippen LogP contribution in [-0.4, -0.2) is 11.5 Å². The molecule has 2 N–H and O–H groups in total. The predicted molar refractivity (Wildman–Crippen MR) is 63.5 cm³/mol. The maximum Gasteiger partial charge on any atom is 0.147 e. The molecule has 1 aliphatic carbocycles. The largest absolute Gasteiger partial charge is 0.330 e. The second-order valence-corrected chi connectivity index (χ2v) is 4.95. The van der Waals surface area contributed by atoms with Gasteiger partial charge in [-0.15, -0.1) is 0 Å². The van der Waals surface area contributed by atoms with Gasteiger partial charge in [0.25, 0.3) is 0 Å². The Morgan fingerprint density at radius 3 is 2.53 bits per heavy atom. The van der Waals surface area contributed by atoms with Crippen LogP contribution < -0.4 is 5.73 Å². The Bertz CT molecular complexity index is 360. The van der Waals surface area contributed by atoms with Gasteiger partial charge in [0, 0.05) is 18.2 Å². The molecule has 2 rings (SSSR count). The van der Waals surface area contributed by atoms with Crippen LogP contribution in [0.2, 0.25) is 10.2 Å². The first-order valence-corrected chi connectivity index (χ1v) is 5.95. The number of halogens is 2. The van der Waals surface area contributed by atoms with Crippen LogP contribution >= 0.6 is 23.2 Å². The zero-order chi connectivity index (χ0) is 10.9. The summed E-state index contributed by atoms with van der Waals surface area (Å²) in [5.74, 6) is 0. The highest BCUT2D eigenvalue weighted by Gasteiger charge is 2.34. The highest BCUT2D eigenvalue weighted by atomic mass is 35.5. The molecule has 0 saturated heterocycles. The van der Waals surface area contributed by atoms with Gasteiger partial charge in [0.15, 0.2) is 0 Å². The minimum atomic E-state index is 0.0846. The van der Waals surface area contributed by atoms with Crippen LogP contribution in [0.1, 0.15) is 31.2 Å². The summed E-state index contributed by atoms with van der Waals surface area (Å²) in [7, 11) is 0. The quantitative estimate of drug-likeness (QED) is 0.813. The molecule has 1 heterocycles. The molecule has 1 aromatic heterocycles. The smallest absolute Gasteiger partial charge is 0.147 e. The normalized spacial score (nSPS) is 19.4. The average molecular weight is 245 g/mol. The third-order valence-corrected chi connectivity index (χ3v) is 4.05. The molecule has 15 heavy (non-hydrogen) atoms. The molecule has 0 radical (unpaired) electrons. The van der Waals surface area contributed by atoms with Crippen molar-refractivity contribution in [3.05, 3.63) is 28.0 Å². The third kappa shape index (κ3) is 1.99. The van der Waals surface area contributed by atoms with E-state index < -0.39 is 0 Å². The van der Waals surface area contributed by atoms with Gasteiger partial charge in [0.1, 0.15) is 5.15 Å². The zero-order valence-electron chi connectivity index (χ0n) is 8.47. The molecule has 0 amide bonds. The summed E-state index contributed by atoms with van der Waals surface area (Å²) < 4.78 is 0. The van der Waals surface area contributed by atoms with Crippen LogP contribution in [0.5, 0.6) is 0 Å². The van der Waals surface area contributed by atoms with Crippen molar-refractivity contribution in [1.29, 1.82) is 0 Å². The summed E-state index contributed by atoms with van der Waals surface area (Å²) >= 11 is 11.8. The minimum absolute atomic E-state index is 0.0846. The van der Waals surface area contributed by atoms with Crippen molar-refractivity contribution in [2.24, 2.45) is 5.73 Å². The molecule has 4 heteroatoms. The molecule has 0 bridgehead atoms. The molecule has 0 aliphatic heterocycles. The van der Waals surface area contributed by atoms with E-state index in [4.69, 9.17) is 28.9 Å². The number of rotatable bonds is 2. The number of nitrogens with zero attached hydrogens (tertiary/aromatic N) is 1. The van der Waals surface area contributed by atoms with Gasteiger partial charge >= 0.3 is 0 Å². The fourth-order valence-corrected chi connectivity index (χ4v) is 2.64. The topological polar surface area (TPSA) is 38.9 Å². The Kier molecular flexibility index (Phi) is 3.19. The van der Waals surface area contributed by atoms with Crippen LogP contribution in [0.4, 0.5) is 0 Å². The van der Waals surface area contributed by atoms with E-state index in [9.17, 15) is 0 Å². The molecule has 0 atom stereocenters. The van der Waals surface area contributed by atoms with Crippen molar-refractivity contribution < 1.29 is 0 Å². The Morgan fingerprint density at radius 2 is 2.00 bits per heavy atom. The molecule has 1 saturated carbocycles. The number of aromatic nitrogens is 1. The predicted octanol–water partition coefficient (Wildman–Crippen LogP) is 3.16. The monoisotopic (exact) mass is 244 g/mol. The first-order valence-electron chi connectivity index (χ1n) is 5.19. The van der Waals surface area contributed by atoms with Crippen molar-refractivity contribution in [2.75, 3.05) is 6.54 Å². The van der Waals surface area contributed by atoms with E-state index in [2.05, 4.69) is 4.98 Å². The molecule has 82 valence electrons. The van der Waals surface area contributed by atoms with E-state index in [-0.39, 0.29) is 5.41 Å². The second kappa shape index (κ2) is 4.28. The standard InChI is InChI=1S/C11H14Cl2N2/c12-9-5-8(6-15-10(9)13)11(7-14)3-1-2-4-11/h5-6H,1-4,7,14H2. The molecule has 0 unspecified atom stereocenters. The van der Waals surface area contributed by atoms with Crippen LogP contribution in [0, 0.1) is 0 Å². The second-order valence-electron chi connectivity index (χ2n) is 4.19. The lowest BCUT2D eigenvalue weighted by molar-refractivity contribution is 0.451. The van der Waals surface area contributed by atoms with Gasteiger partial charge in [-0.3, -0.25) is 0 Å². The molecule has 1 aliphatic rings. The average Bonchev–Trinajstić information content (AvgIpc) is 2.72. The Morgan fingerprint density at radius 1 is 1.33 bits per heavy atom. The molecule has 1 aromatic rings. The zero-order valence-corrected chi connectivity index (χ0v) is 9.98. The summed E-state index contributed by atoms with van der Waals surface area (Å²) in [6.45, 7) is 0.659. The third-order valence-electron chi connectivity index (χ3n) is 3.36. The lowest BCUT2D eigenvalue weighted by Gasteiger charge is -2.27. The van der Waals surface area contributed by atoms with Crippen LogP contribution in [0.25, 0.3) is 0 Å². The van der Waals surface area contributed by atoms with Gasteiger partial charge < -0.3 is 5.73 Å². The van der Waals surface area contributed by atoms with E-state index in [1.54, 1.807) is 0 Å². The van der Waals surface area contributed by atoms with Crippen LogP contribution in [-0.2, 0) is 5.41 Å². The molecule has 0 aromatic carbocycles. The van der Waals surface area contributed by atoms with Gasteiger partial charge in [-0.1, -0.05) is 36.0 Å². The summed E-state index contributed by atoms with van der Waals surface area (Å²) in [6.07, 6.45) is 6.54. The number of nitrogens with two attached hydrogens (primary N) is 1. The maximum atomic E-state index is 5.98. The van der Waals surface area contributed by atoms with Gasteiger partial charge in [-0.2, -0.15) is 0 Å². The van der Waals surface area contributed by atoms with E-state index in [0.717, 1.165) is 18.4 Å². The Hall–Kier alpha value is -0.310. The fraction of sp³-hybridized carbons (Fsp3) is 0.545. The van der Waals surface area contributed by atoms with Crippen LogP contribution in [0.3, 0.4) is 0 Å². The highest BCUT2D eigenvalue weighted by molar-refractivity contribution is 6.41. The minimum Gasteiger partial charge on any atom is -0.330 e. The SMILES string of the molecule is NCC1(c2cnc(Cl)c(Cl)c2)CCCC1. The van der Waals surface area contributed by atoms with Crippen molar-refractivity contribution in [2.45, 2.75) is 31.1 Å². The van der Waals surface area contributed by atoms with Crippen molar-refractivity contribution in [3.8, 4) is 0 Å². The molecule has 1 fully saturated rings. The maximum absolute atomic E-state index is 5.98. The first kappa shape index (κ1) is 11.2. The van der Waals surface area contributed by atoms with Crippen molar-refractivity contribution >= 4 is 23.2 Å². The van der Waals surface area contributed by atoms with Crippen LogP contribution in [0.15, 0.2) is 12.3 Å². The molecular formula is C11H14Cl2N2. The van der Waals surface area contributed by atoms with E-state index in [1.165, 1.54) is 12.8 Å². The lowest BCUT2D eigenvalue weighted by atomic mass is 9.80. The molecule has 2 nitrogen and oxygen atoms in total. The number of pyridine rings is 1. The van der Waals surface area contributed by atoms with Gasteiger partial charge in [-0.05, 0) is 24.5 Å². The molecular weight excluding hydrogens is 231 g/mol. The Balaban J connectivity index is 2.38. The number of hydrogen-bond acceptors (Lipinski definition) is 2. The lowest BCUT2D eigenvalue weighted by Crippen LogP contribution is -2.32. The highest BCUT2D eigenvalue weighted by Crippen LogP contribution is 2.41. The Labute approximate surface area is 99.8 Å².